The third-order valence-corrected chi connectivity index (χ3v) is 7.40. The van der Waals surface area contributed by atoms with Crippen LogP contribution < -0.4 is 9.64 Å². The van der Waals surface area contributed by atoms with E-state index in [0.717, 1.165) is 53.8 Å². The number of ether oxygens (including phenoxy) is 1. The standard InChI is InChI=1S/C27H28F3N7O.C2H6/c1-15-11-37(18-9-7-17(8-10-18)25-33-20(13-35(25)2)27(28,29)30)12-19-23(34-36(3)24(15)19)21-22(16-5-6-16)31-14-32-26(21)38-4;1-2/h7-10,13-16H,5-6,11-12H2,1-4H3;1-2H3. The maximum atomic E-state index is 13.1. The van der Waals surface area contributed by atoms with E-state index in [2.05, 4.69) is 26.8 Å². The van der Waals surface area contributed by atoms with Gasteiger partial charge >= 0.3 is 6.18 Å². The van der Waals surface area contributed by atoms with Crippen molar-refractivity contribution in [3.63, 3.8) is 0 Å². The number of aromatic nitrogens is 6. The molecule has 0 saturated heterocycles. The van der Waals surface area contributed by atoms with Crippen molar-refractivity contribution in [1.29, 1.82) is 0 Å². The molecule has 3 aromatic heterocycles. The summed E-state index contributed by atoms with van der Waals surface area (Å²) >= 11 is 0. The number of methoxy groups -OCH3 is 1. The van der Waals surface area contributed by atoms with Gasteiger partial charge in [-0.15, -0.1) is 0 Å². The van der Waals surface area contributed by atoms with Gasteiger partial charge in [-0.25, -0.2) is 15.0 Å². The number of fused-ring (bicyclic) bond motifs is 1. The first-order chi connectivity index (χ1) is 19.2. The molecule has 0 spiro atoms. The smallest absolute Gasteiger partial charge is 0.434 e. The van der Waals surface area contributed by atoms with E-state index in [0.29, 0.717) is 23.9 Å². The lowest BCUT2D eigenvalue weighted by Crippen LogP contribution is -2.33. The van der Waals surface area contributed by atoms with E-state index in [-0.39, 0.29) is 11.7 Å². The van der Waals surface area contributed by atoms with E-state index in [1.54, 1.807) is 20.5 Å². The van der Waals surface area contributed by atoms with Crippen LogP contribution >= 0.6 is 0 Å². The molecule has 212 valence electrons. The zero-order chi connectivity index (χ0) is 28.8. The summed E-state index contributed by atoms with van der Waals surface area (Å²) in [6.07, 6.45) is 0.277. The summed E-state index contributed by atoms with van der Waals surface area (Å²) in [5, 5.41) is 4.93. The van der Waals surface area contributed by atoms with Crippen molar-refractivity contribution in [2.24, 2.45) is 14.1 Å². The first kappa shape index (κ1) is 27.7. The molecule has 1 saturated carbocycles. The van der Waals surface area contributed by atoms with Crippen LogP contribution in [0.5, 0.6) is 5.88 Å². The molecule has 0 amide bonds. The summed E-state index contributed by atoms with van der Waals surface area (Å²) in [6, 6.07) is 7.52. The summed E-state index contributed by atoms with van der Waals surface area (Å²) in [5.74, 6) is 1.41. The van der Waals surface area contributed by atoms with Crippen LogP contribution in [0.3, 0.4) is 0 Å². The lowest BCUT2D eigenvalue weighted by Gasteiger charge is -2.33. The minimum Gasteiger partial charge on any atom is -0.480 e. The van der Waals surface area contributed by atoms with Gasteiger partial charge in [-0.05, 0) is 37.1 Å². The van der Waals surface area contributed by atoms with Crippen molar-refractivity contribution in [3.8, 4) is 28.5 Å². The van der Waals surface area contributed by atoms with E-state index in [1.165, 1.54) is 10.3 Å². The zero-order valence-corrected chi connectivity index (χ0v) is 23.6. The second-order valence-corrected chi connectivity index (χ2v) is 10.1. The van der Waals surface area contributed by atoms with Gasteiger partial charge in [0, 0.05) is 67.7 Å². The van der Waals surface area contributed by atoms with Crippen molar-refractivity contribution < 1.29 is 17.9 Å². The second kappa shape index (κ2) is 10.6. The molecule has 1 aliphatic heterocycles. The Morgan fingerprint density at radius 1 is 1.02 bits per heavy atom. The first-order valence-corrected chi connectivity index (χ1v) is 13.6. The Bertz CT molecular complexity index is 1500. The van der Waals surface area contributed by atoms with E-state index < -0.39 is 11.9 Å². The monoisotopic (exact) mass is 553 g/mol. The predicted molar refractivity (Wildman–Crippen MR) is 147 cm³/mol. The molecule has 2 aliphatic rings. The molecule has 1 aliphatic carbocycles. The number of hydrogen-bond donors (Lipinski definition) is 0. The number of halogens is 3. The van der Waals surface area contributed by atoms with Gasteiger partial charge in [-0.2, -0.15) is 18.3 Å². The SMILES string of the molecule is CC.COc1ncnc(C2CC2)c1-c1nn(C)c2c1CN(c1ccc(-c3nc(C(F)(F)F)cn3C)cc1)CC2C. The Morgan fingerprint density at radius 3 is 2.33 bits per heavy atom. The molecule has 4 heterocycles. The third-order valence-electron chi connectivity index (χ3n) is 7.40. The molecule has 4 aromatic rings. The number of anilines is 1. The Morgan fingerprint density at radius 2 is 1.73 bits per heavy atom. The first-order valence-electron chi connectivity index (χ1n) is 13.6. The molecule has 0 N–H and O–H groups in total. The number of imidazole rings is 1. The van der Waals surface area contributed by atoms with E-state index >= 15 is 0 Å². The van der Waals surface area contributed by atoms with Crippen LogP contribution in [-0.2, 0) is 26.8 Å². The summed E-state index contributed by atoms with van der Waals surface area (Å²) in [5.41, 5.74) is 5.70. The highest BCUT2D eigenvalue weighted by Crippen LogP contribution is 2.47. The minimum absolute atomic E-state index is 0.202. The maximum Gasteiger partial charge on any atom is 0.434 e. The van der Waals surface area contributed by atoms with Gasteiger partial charge in [0.2, 0.25) is 5.88 Å². The van der Waals surface area contributed by atoms with Crippen molar-refractivity contribution in [2.45, 2.75) is 58.2 Å². The summed E-state index contributed by atoms with van der Waals surface area (Å²) < 4.78 is 48.4. The van der Waals surface area contributed by atoms with Gasteiger partial charge in [0.25, 0.3) is 0 Å². The Hall–Kier alpha value is -3.89. The molecule has 8 nitrogen and oxygen atoms in total. The van der Waals surface area contributed by atoms with Crippen LogP contribution in [0.15, 0.2) is 36.8 Å². The summed E-state index contributed by atoms with van der Waals surface area (Å²) in [6.45, 7) is 7.59. The highest BCUT2D eigenvalue weighted by Gasteiger charge is 2.36. The Labute approximate surface area is 231 Å². The van der Waals surface area contributed by atoms with Crippen LogP contribution in [-0.4, -0.2) is 43.0 Å². The van der Waals surface area contributed by atoms with Gasteiger partial charge in [0.05, 0.1) is 18.4 Å². The number of nitrogens with zero attached hydrogens (tertiary/aromatic N) is 7. The van der Waals surface area contributed by atoms with E-state index in [9.17, 15) is 13.2 Å². The predicted octanol–water partition coefficient (Wildman–Crippen LogP) is 6.33. The normalized spacial score (nSPS) is 16.8. The lowest BCUT2D eigenvalue weighted by molar-refractivity contribution is -0.140. The maximum absolute atomic E-state index is 13.1. The molecular formula is C29H34F3N7O. The number of benzene rings is 1. The summed E-state index contributed by atoms with van der Waals surface area (Å²) in [4.78, 5) is 15.1. The average molecular weight is 554 g/mol. The molecule has 0 radical (unpaired) electrons. The van der Waals surface area contributed by atoms with Crippen LogP contribution in [0.4, 0.5) is 18.9 Å². The molecule has 1 aromatic carbocycles. The Kier molecular flexibility index (Phi) is 7.32. The fourth-order valence-electron chi connectivity index (χ4n) is 5.54. The van der Waals surface area contributed by atoms with Crippen molar-refractivity contribution in [2.75, 3.05) is 18.6 Å². The molecule has 40 heavy (non-hydrogen) atoms. The third kappa shape index (κ3) is 4.93. The van der Waals surface area contributed by atoms with E-state index in [1.807, 2.05) is 49.8 Å². The molecular weight excluding hydrogens is 519 g/mol. The van der Waals surface area contributed by atoms with Crippen LogP contribution in [0.25, 0.3) is 22.6 Å². The number of rotatable bonds is 5. The van der Waals surface area contributed by atoms with E-state index in [4.69, 9.17) is 9.84 Å². The summed E-state index contributed by atoms with van der Waals surface area (Å²) in [7, 11) is 5.16. The molecule has 1 unspecified atom stereocenters. The van der Waals surface area contributed by atoms with Crippen LogP contribution in [0.1, 0.15) is 68.1 Å². The topological polar surface area (TPSA) is 73.9 Å². The highest BCUT2D eigenvalue weighted by molar-refractivity contribution is 5.74. The van der Waals surface area contributed by atoms with Crippen LogP contribution in [0, 0.1) is 0 Å². The number of aryl methyl sites for hydroxylation is 2. The van der Waals surface area contributed by atoms with Crippen molar-refractivity contribution >= 4 is 5.69 Å². The quantitative estimate of drug-likeness (QED) is 0.288. The number of hydrogen-bond acceptors (Lipinski definition) is 6. The van der Waals surface area contributed by atoms with Crippen LogP contribution in [0.2, 0.25) is 0 Å². The molecule has 6 rings (SSSR count). The molecule has 1 atom stereocenters. The molecule has 11 heteroatoms. The molecule has 1 fully saturated rings. The Balaban J connectivity index is 0.00000158. The molecule has 0 bridgehead atoms. The van der Waals surface area contributed by atoms with Gasteiger partial charge in [-0.1, -0.05) is 20.8 Å². The fraction of sp³-hybridized carbons (Fsp3) is 0.448. The van der Waals surface area contributed by atoms with Gasteiger partial charge in [0.1, 0.15) is 17.8 Å². The zero-order valence-electron chi connectivity index (χ0n) is 23.6. The van der Waals surface area contributed by atoms with Crippen molar-refractivity contribution in [1.82, 2.24) is 29.3 Å². The average Bonchev–Trinajstić information content (AvgIpc) is 3.63. The van der Waals surface area contributed by atoms with Crippen molar-refractivity contribution in [3.05, 3.63) is 59.4 Å². The van der Waals surface area contributed by atoms with Gasteiger partial charge in [0.15, 0.2) is 5.69 Å². The largest absolute Gasteiger partial charge is 0.480 e. The highest BCUT2D eigenvalue weighted by atomic mass is 19.4. The van der Waals surface area contributed by atoms with Gasteiger partial charge in [-0.3, -0.25) is 4.68 Å². The number of alkyl halides is 3. The van der Waals surface area contributed by atoms with Gasteiger partial charge < -0.3 is 14.2 Å². The lowest BCUT2D eigenvalue weighted by atomic mass is 9.93. The minimum atomic E-state index is -4.48. The second-order valence-electron chi connectivity index (χ2n) is 10.1. The fourth-order valence-corrected chi connectivity index (χ4v) is 5.54.